The standard InChI is InChI=1S/C29H39N11O/c1-17-8-9-18(27(41)36-22(31)14-21(30)29(2,3)4)13-20(17)35-26-24-23(33-16-34-26)25(32)38-28(37-24)40-12-11-39-10-6-5-7-19(39)15-40/h8-9,13-14,16,19,30H,5-7,10-12,15,31H2,1-4H3,(H,36,41)(H2,32,37,38)(H,33,34,35)/b22-14+,30-21?. The third-order valence-corrected chi connectivity index (χ3v) is 7.74. The first-order valence-corrected chi connectivity index (χ1v) is 14.0. The lowest BCUT2D eigenvalue weighted by Gasteiger charge is -2.44. The number of aromatic nitrogens is 4. The van der Waals surface area contributed by atoms with E-state index in [9.17, 15) is 4.79 Å². The molecule has 3 aromatic rings. The number of piperazine rings is 1. The van der Waals surface area contributed by atoms with E-state index in [0.29, 0.717) is 51.6 Å². The number of nitrogens with one attached hydrogen (secondary N) is 3. The first-order valence-electron chi connectivity index (χ1n) is 14.0. The number of anilines is 4. The lowest BCUT2D eigenvalue weighted by molar-refractivity contribution is 0.0965. The first-order chi connectivity index (χ1) is 19.5. The Morgan fingerprint density at radius 3 is 2.71 bits per heavy atom. The van der Waals surface area contributed by atoms with Crippen LogP contribution in [0.3, 0.4) is 0 Å². The second-order valence-corrected chi connectivity index (χ2v) is 11.8. The smallest absolute Gasteiger partial charge is 0.256 e. The van der Waals surface area contributed by atoms with Gasteiger partial charge in [0.2, 0.25) is 5.95 Å². The van der Waals surface area contributed by atoms with Crippen molar-refractivity contribution in [1.82, 2.24) is 30.2 Å². The van der Waals surface area contributed by atoms with E-state index in [-0.39, 0.29) is 17.1 Å². The largest absolute Gasteiger partial charge is 0.385 e. The molecule has 12 heteroatoms. The van der Waals surface area contributed by atoms with Crippen molar-refractivity contribution in [3.05, 3.63) is 47.6 Å². The van der Waals surface area contributed by atoms with Gasteiger partial charge in [0.25, 0.3) is 5.91 Å². The van der Waals surface area contributed by atoms with Crippen LogP contribution in [-0.4, -0.2) is 68.7 Å². The summed E-state index contributed by atoms with van der Waals surface area (Å²) in [4.78, 5) is 36.0. The molecule has 0 bridgehead atoms. The van der Waals surface area contributed by atoms with Crippen LogP contribution >= 0.6 is 0 Å². The average molecular weight is 558 g/mol. The zero-order chi connectivity index (χ0) is 29.3. The van der Waals surface area contributed by atoms with Crippen molar-refractivity contribution in [3.8, 4) is 0 Å². The Morgan fingerprint density at radius 1 is 1.12 bits per heavy atom. The molecule has 2 fully saturated rings. The molecule has 0 aliphatic carbocycles. The quantitative estimate of drug-likeness (QED) is 0.283. The fourth-order valence-electron chi connectivity index (χ4n) is 5.17. The van der Waals surface area contributed by atoms with Crippen LogP contribution in [0.4, 0.5) is 23.3 Å². The number of benzene rings is 1. The predicted molar refractivity (Wildman–Crippen MR) is 162 cm³/mol. The maximum Gasteiger partial charge on any atom is 0.256 e. The average Bonchev–Trinajstić information content (AvgIpc) is 2.93. The van der Waals surface area contributed by atoms with Crippen LogP contribution in [0.25, 0.3) is 11.0 Å². The highest BCUT2D eigenvalue weighted by atomic mass is 16.1. The van der Waals surface area contributed by atoms with Crippen LogP contribution in [-0.2, 0) is 0 Å². The number of carbonyl (C=O) groups excluding carboxylic acids is 1. The molecule has 0 spiro atoms. The number of nitrogens with zero attached hydrogens (tertiary/aromatic N) is 6. The third kappa shape index (κ3) is 6.22. The molecular weight excluding hydrogens is 518 g/mol. The van der Waals surface area contributed by atoms with Crippen LogP contribution in [0.1, 0.15) is 56.0 Å². The van der Waals surface area contributed by atoms with Crippen LogP contribution in [0, 0.1) is 17.7 Å². The Bertz CT molecular complexity index is 1510. The number of nitrogen functional groups attached to an aromatic ring is 1. The summed E-state index contributed by atoms with van der Waals surface area (Å²) in [5.41, 5.74) is 15.3. The topological polar surface area (TPSA) is 175 Å². The van der Waals surface area contributed by atoms with E-state index in [1.54, 1.807) is 12.1 Å². The summed E-state index contributed by atoms with van der Waals surface area (Å²) in [6.45, 7) is 11.5. The van der Waals surface area contributed by atoms with Gasteiger partial charge in [0, 0.05) is 48.1 Å². The molecule has 0 radical (unpaired) electrons. The summed E-state index contributed by atoms with van der Waals surface area (Å²) in [6, 6.07) is 5.80. The minimum absolute atomic E-state index is 0.112. The van der Waals surface area contributed by atoms with E-state index in [1.807, 2.05) is 33.8 Å². The van der Waals surface area contributed by atoms with E-state index >= 15 is 0 Å². The monoisotopic (exact) mass is 557 g/mol. The summed E-state index contributed by atoms with van der Waals surface area (Å²) in [5.74, 6) is 1.08. The highest BCUT2D eigenvalue weighted by Crippen LogP contribution is 2.30. The fraction of sp³-hybridized carbons (Fsp3) is 0.448. The Kier molecular flexibility index (Phi) is 7.76. The lowest BCUT2D eigenvalue weighted by Crippen LogP contribution is -2.55. The van der Waals surface area contributed by atoms with Crippen LogP contribution in [0.5, 0.6) is 0 Å². The summed E-state index contributed by atoms with van der Waals surface area (Å²) in [7, 11) is 0. The summed E-state index contributed by atoms with van der Waals surface area (Å²) < 4.78 is 0. The zero-order valence-electron chi connectivity index (χ0n) is 24.2. The lowest BCUT2D eigenvalue weighted by atomic mass is 9.90. The van der Waals surface area contributed by atoms with Crippen molar-refractivity contribution in [2.24, 2.45) is 11.1 Å². The van der Waals surface area contributed by atoms with Gasteiger partial charge in [0.15, 0.2) is 11.6 Å². The van der Waals surface area contributed by atoms with Crippen LogP contribution in [0.15, 0.2) is 36.4 Å². The van der Waals surface area contributed by atoms with E-state index in [0.717, 1.165) is 31.7 Å². The molecule has 2 aliphatic heterocycles. The second-order valence-electron chi connectivity index (χ2n) is 11.8. The molecule has 2 aromatic heterocycles. The number of hydrogen-bond donors (Lipinski definition) is 5. The van der Waals surface area contributed by atoms with Crippen molar-refractivity contribution >= 4 is 45.9 Å². The Balaban J connectivity index is 1.40. The summed E-state index contributed by atoms with van der Waals surface area (Å²) >= 11 is 0. The van der Waals surface area contributed by atoms with Crippen LogP contribution in [0.2, 0.25) is 0 Å². The van der Waals surface area contributed by atoms with E-state index in [1.165, 1.54) is 31.7 Å². The number of nitrogens with two attached hydrogens (primary N) is 2. The van der Waals surface area contributed by atoms with Gasteiger partial charge in [0.05, 0.1) is 0 Å². The molecule has 2 saturated heterocycles. The number of hydrogen-bond acceptors (Lipinski definition) is 11. The van der Waals surface area contributed by atoms with E-state index < -0.39 is 0 Å². The van der Waals surface area contributed by atoms with Gasteiger partial charge in [-0.1, -0.05) is 33.3 Å². The second kappa shape index (κ2) is 11.3. The molecule has 1 atom stereocenters. The van der Waals surface area contributed by atoms with Gasteiger partial charge in [-0.25, -0.2) is 15.0 Å². The number of allylic oxidation sites excluding steroid dienone is 1. The van der Waals surface area contributed by atoms with Gasteiger partial charge in [-0.05, 0) is 50.1 Å². The van der Waals surface area contributed by atoms with Gasteiger partial charge < -0.3 is 32.4 Å². The molecule has 0 saturated carbocycles. The minimum Gasteiger partial charge on any atom is -0.385 e. The molecule has 216 valence electrons. The molecule has 12 nitrogen and oxygen atoms in total. The van der Waals surface area contributed by atoms with Crippen molar-refractivity contribution in [1.29, 1.82) is 5.41 Å². The highest BCUT2D eigenvalue weighted by molar-refractivity contribution is 6.00. The maximum absolute atomic E-state index is 13.0. The van der Waals surface area contributed by atoms with Crippen molar-refractivity contribution < 1.29 is 4.79 Å². The molecular formula is C29H39N11O. The molecule has 41 heavy (non-hydrogen) atoms. The normalized spacial score (nSPS) is 18.2. The van der Waals surface area contributed by atoms with E-state index in [4.69, 9.17) is 21.9 Å². The summed E-state index contributed by atoms with van der Waals surface area (Å²) in [6.07, 6.45) is 6.58. The molecule has 1 amide bonds. The molecule has 1 unspecified atom stereocenters. The molecule has 2 aliphatic rings. The Labute approximate surface area is 240 Å². The van der Waals surface area contributed by atoms with E-state index in [2.05, 4.69) is 35.4 Å². The minimum atomic E-state index is -0.383. The molecule has 4 heterocycles. The van der Waals surface area contributed by atoms with Crippen molar-refractivity contribution in [2.75, 3.05) is 42.1 Å². The molecule has 1 aromatic carbocycles. The van der Waals surface area contributed by atoms with Crippen molar-refractivity contribution in [2.45, 2.75) is 53.0 Å². The zero-order valence-corrected chi connectivity index (χ0v) is 24.2. The number of rotatable bonds is 6. The number of piperidine rings is 1. The highest BCUT2D eigenvalue weighted by Gasteiger charge is 2.30. The molecule has 7 N–H and O–H groups in total. The fourth-order valence-corrected chi connectivity index (χ4v) is 5.17. The SMILES string of the molecule is Cc1ccc(C(=O)N/C(N)=C/C(=N)C(C)(C)C)cc1Nc1ncnc2c(N)nc(N3CCN4CCCCC4C3)nc12. The van der Waals surface area contributed by atoms with Gasteiger partial charge in [-0.15, -0.1) is 0 Å². The first kappa shape index (κ1) is 28.2. The number of fused-ring (bicyclic) bond motifs is 2. The number of amides is 1. The predicted octanol–water partition coefficient (Wildman–Crippen LogP) is 3.32. The van der Waals surface area contributed by atoms with Gasteiger partial charge in [-0.3, -0.25) is 9.69 Å². The van der Waals surface area contributed by atoms with Crippen LogP contribution < -0.4 is 27.0 Å². The van der Waals surface area contributed by atoms with Gasteiger partial charge >= 0.3 is 0 Å². The van der Waals surface area contributed by atoms with Gasteiger partial charge in [-0.2, -0.15) is 4.98 Å². The number of aryl methyl sites for hydroxylation is 1. The molecule has 5 rings (SSSR count). The maximum atomic E-state index is 13.0. The number of carbonyl (C=O) groups is 1. The van der Waals surface area contributed by atoms with Gasteiger partial charge in [0.1, 0.15) is 23.2 Å². The Morgan fingerprint density at radius 2 is 1.93 bits per heavy atom. The Hall–Kier alpha value is -4.32. The van der Waals surface area contributed by atoms with Crippen molar-refractivity contribution in [3.63, 3.8) is 0 Å². The summed E-state index contributed by atoms with van der Waals surface area (Å²) in [5, 5.41) is 14.2. The third-order valence-electron chi connectivity index (χ3n) is 7.74.